The molecule has 2 aromatic rings. The molecule has 0 saturated carbocycles. The van der Waals surface area contributed by atoms with Gasteiger partial charge in [0.2, 0.25) is 5.91 Å². The molecule has 0 spiro atoms. The molecule has 4 nitrogen and oxygen atoms in total. The van der Waals surface area contributed by atoms with Gasteiger partial charge in [-0.1, -0.05) is 6.07 Å². The number of carboxylic acids is 1. The number of amides is 1. The van der Waals surface area contributed by atoms with Crippen molar-refractivity contribution >= 4 is 40.2 Å². The third-order valence-electron chi connectivity index (χ3n) is 2.05. The highest BCUT2D eigenvalue weighted by molar-refractivity contribution is 7.12. The van der Waals surface area contributed by atoms with Crippen LogP contribution in [0, 0.1) is 0 Å². The minimum Gasteiger partial charge on any atom is -0.477 e. The molecule has 6 heteroatoms. The van der Waals surface area contributed by atoms with E-state index in [1.807, 2.05) is 17.5 Å². The van der Waals surface area contributed by atoms with Crippen molar-refractivity contribution in [2.75, 3.05) is 5.32 Å². The van der Waals surface area contributed by atoms with Gasteiger partial charge in [0.1, 0.15) is 4.88 Å². The van der Waals surface area contributed by atoms with Crippen LogP contribution in [0.15, 0.2) is 29.0 Å². The lowest BCUT2D eigenvalue weighted by atomic mass is 10.3. The Morgan fingerprint density at radius 1 is 1.24 bits per heavy atom. The van der Waals surface area contributed by atoms with Crippen molar-refractivity contribution in [2.45, 2.75) is 6.42 Å². The Kier molecular flexibility index (Phi) is 3.55. The second kappa shape index (κ2) is 5.11. The highest BCUT2D eigenvalue weighted by Gasteiger charge is 2.14. The van der Waals surface area contributed by atoms with Crippen molar-refractivity contribution in [3.8, 4) is 0 Å². The summed E-state index contributed by atoms with van der Waals surface area (Å²) in [6, 6.07) is 5.34. The van der Waals surface area contributed by atoms with E-state index in [1.165, 1.54) is 11.3 Å². The van der Waals surface area contributed by atoms with Gasteiger partial charge in [0.05, 0.1) is 12.1 Å². The lowest BCUT2D eigenvalue weighted by Gasteiger charge is -2.02. The van der Waals surface area contributed by atoms with Crippen LogP contribution in [0.4, 0.5) is 5.69 Å². The maximum Gasteiger partial charge on any atom is 0.348 e. The number of nitrogens with one attached hydrogen (secondary N) is 1. The number of carbonyl (C=O) groups is 2. The standard InChI is InChI=1S/C11H9NO3S2/c13-9(6-7-2-1-4-16-7)12-8-3-5-17-10(8)11(14)15/h1-5H,6H2,(H,12,13)(H,14,15). The van der Waals surface area contributed by atoms with Crippen LogP contribution in [0.25, 0.3) is 0 Å². The number of hydrogen-bond acceptors (Lipinski definition) is 4. The molecule has 0 aliphatic heterocycles. The van der Waals surface area contributed by atoms with E-state index in [2.05, 4.69) is 5.32 Å². The molecule has 0 aliphatic carbocycles. The Morgan fingerprint density at radius 3 is 2.71 bits per heavy atom. The van der Waals surface area contributed by atoms with E-state index in [9.17, 15) is 9.59 Å². The van der Waals surface area contributed by atoms with Gasteiger partial charge in [0.25, 0.3) is 0 Å². The Morgan fingerprint density at radius 2 is 2.06 bits per heavy atom. The predicted octanol–water partition coefficient (Wildman–Crippen LogP) is 2.69. The summed E-state index contributed by atoms with van der Waals surface area (Å²) in [4.78, 5) is 23.6. The average Bonchev–Trinajstić information content (AvgIpc) is 2.88. The molecule has 0 fully saturated rings. The van der Waals surface area contributed by atoms with Crippen molar-refractivity contribution in [1.82, 2.24) is 0 Å². The molecule has 0 aromatic carbocycles. The van der Waals surface area contributed by atoms with Gasteiger partial charge in [-0.15, -0.1) is 22.7 Å². The van der Waals surface area contributed by atoms with Crippen LogP contribution in [-0.2, 0) is 11.2 Å². The Bertz CT molecular complexity index is 531. The first-order valence-electron chi connectivity index (χ1n) is 4.80. The van der Waals surface area contributed by atoms with Crippen molar-refractivity contribution in [3.63, 3.8) is 0 Å². The predicted molar refractivity (Wildman–Crippen MR) is 67.9 cm³/mol. The van der Waals surface area contributed by atoms with Crippen LogP contribution in [0.2, 0.25) is 0 Å². The smallest absolute Gasteiger partial charge is 0.348 e. The molecule has 0 radical (unpaired) electrons. The third kappa shape index (κ3) is 2.92. The summed E-state index contributed by atoms with van der Waals surface area (Å²) >= 11 is 2.60. The van der Waals surface area contributed by atoms with Crippen molar-refractivity contribution in [2.24, 2.45) is 0 Å². The summed E-state index contributed by atoms with van der Waals surface area (Å²) < 4.78 is 0. The van der Waals surface area contributed by atoms with E-state index in [-0.39, 0.29) is 17.2 Å². The zero-order valence-corrected chi connectivity index (χ0v) is 10.3. The first-order valence-corrected chi connectivity index (χ1v) is 6.56. The van der Waals surface area contributed by atoms with E-state index in [1.54, 1.807) is 11.4 Å². The topological polar surface area (TPSA) is 66.4 Å². The maximum atomic E-state index is 11.7. The highest BCUT2D eigenvalue weighted by Crippen LogP contribution is 2.22. The van der Waals surface area contributed by atoms with Gasteiger partial charge in [-0.05, 0) is 22.9 Å². The summed E-state index contributed by atoms with van der Waals surface area (Å²) in [7, 11) is 0. The molecule has 2 rings (SSSR count). The molecule has 2 N–H and O–H groups in total. The van der Waals surface area contributed by atoms with Gasteiger partial charge in [-0.25, -0.2) is 4.79 Å². The molecule has 0 aliphatic rings. The fourth-order valence-electron chi connectivity index (χ4n) is 1.34. The fourth-order valence-corrected chi connectivity index (χ4v) is 2.73. The van der Waals surface area contributed by atoms with E-state index < -0.39 is 5.97 Å². The van der Waals surface area contributed by atoms with Crippen LogP contribution < -0.4 is 5.32 Å². The molecule has 88 valence electrons. The Hall–Kier alpha value is -1.66. The number of rotatable bonds is 4. The van der Waals surface area contributed by atoms with Gasteiger partial charge in [0.15, 0.2) is 0 Å². The van der Waals surface area contributed by atoms with E-state index in [4.69, 9.17) is 5.11 Å². The first-order chi connectivity index (χ1) is 8.16. The molecule has 0 saturated heterocycles. The van der Waals surface area contributed by atoms with Gasteiger partial charge >= 0.3 is 5.97 Å². The maximum absolute atomic E-state index is 11.7. The number of hydrogen-bond donors (Lipinski definition) is 2. The van der Waals surface area contributed by atoms with E-state index in [0.717, 1.165) is 16.2 Å². The lowest BCUT2D eigenvalue weighted by molar-refractivity contribution is -0.115. The van der Waals surface area contributed by atoms with Crippen LogP contribution in [0.3, 0.4) is 0 Å². The van der Waals surface area contributed by atoms with Crippen molar-refractivity contribution in [1.29, 1.82) is 0 Å². The van der Waals surface area contributed by atoms with Crippen molar-refractivity contribution in [3.05, 3.63) is 38.7 Å². The SMILES string of the molecule is O=C(Cc1cccs1)Nc1ccsc1C(=O)O. The molecular weight excluding hydrogens is 258 g/mol. The van der Waals surface area contributed by atoms with Crippen LogP contribution in [0.1, 0.15) is 14.5 Å². The number of carbonyl (C=O) groups excluding carboxylic acids is 1. The highest BCUT2D eigenvalue weighted by atomic mass is 32.1. The number of aromatic carboxylic acids is 1. The number of anilines is 1. The summed E-state index contributed by atoms with van der Waals surface area (Å²) in [6.45, 7) is 0. The number of carboxylic acid groups (broad SMARTS) is 1. The molecule has 0 bridgehead atoms. The normalized spacial score (nSPS) is 10.1. The number of thiophene rings is 2. The Balaban J connectivity index is 2.03. The van der Waals surface area contributed by atoms with Gasteiger partial charge < -0.3 is 10.4 Å². The second-order valence-electron chi connectivity index (χ2n) is 3.27. The van der Waals surface area contributed by atoms with Gasteiger partial charge in [0, 0.05) is 4.88 Å². The molecule has 0 unspecified atom stereocenters. The van der Waals surface area contributed by atoms with Crippen LogP contribution >= 0.6 is 22.7 Å². The quantitative estimate of drug-likeness (QED) is 0.895. The average molecular weight is 267 g/mol. The largest absolute Gasteiger partial charge is 0.477 e. The monoisotopic (exact) mass is 267 g/mol. The fraction of sp³-hybridized carbons (Fsp3) is 0.0909. The van der Waals surface area contributed by atoms with Gasteiger partial charge in [-0.2, -0.15) is 0 Å². The third-order valence-corrected chi connectivity index (χ3v) is 3.83. The molecule has 2 aromatic heterocycles. The Labute approximate surface area is 106 Å². The molecule has 2 heterocycles. The summed E-state index contributed by atoms with van der Waals surface area (Å²) in [5, 5.41) is 15.0. The summed E-state index contributed by atoms with van der Waals surface area (Å²) in [5.41, 5.74) is 0.365. The van der Waals surface area contributed by atoms with E-state index in [0.29, 0.717) is 5.69 Å². The zero-order chi connectivity index (χ0) is 12.3. The minimum atomic E-state index is -1.02. The van der Waals surface area contributed by atoms with Gasteiger partial charge in [-0.3, -0.25) is 4.79 Å². The molecule has 17 heavy (non-hydrogen) atoms. The van der Waals surface area contributed by atoms with Crippen LogP contribution in [0.5, 0.6) is 0 Å². The first kappa shape index (κ1) is 11.8. The molecule has 0 atom stereocenters. The zero-order valence-electron chi connectivity index (χ0n) is 8.67. The molecular formula is C11H9NO3S2. The lowest BCUT2D eigenvalue weighted by Crippen LogP contribution is -2.15. The van der Waals surface area contributed by atoms with Crippen LogP contribution in [-0.4, -0.2) is 17.0 Å². The summed E-state index contributed by atoms with van der Waals surface area (Å²) in [6.07, 6.45) is 0.270. The second-order valence-corrected chi connectivity index (χ2v) is 5.22. The van der Waals surface area contributed by atoms with E-state index >= 15 is 0 Å². The minimum absolute atomic E-state index is 0.157. The van der Waals surface area contributed by atoms with Crippen molar-refractivity contribution < 1.29 is 14.7 Å². The summed E-state index contributed by atoms with van der Waals surface area (Å²) in [5.74, 6) is -1.22. The molecule has 1 amide bonds.